The number of nitrogens with zero attached hydrogens (tertiary/aromatic N) is 1. The minimum atomic E-state index is -2.46. The minimum absolute atomic E-state index is 0.248. The van der Waals surface area contributed by atoms with Crippen LogP contribution in [0.15, 0.2) is 53.7 Å². The van der Waals surface area contributed by atoms with Crippen molar-refractivity contribution in [1.82, 2.24) is 10.3 Å². The maximum absolute atomic E-state index is 12.2. The molecule has 0 aliphatic heterocycles. The highest BCUT2D eigenvalue weighted by Crippen LogP contribution is 2.25. The van der Waals surface area contributed by atoms with Crippen molar-refractivity contribution < 1.29 is 13.6 Å². The van der Waals surface area contributed by atoms with Crippen LogP contribution in [0.3, 0.4) is 0 Å². The Hall–Kier alpha value is -1.95. The highest BCUT2D eigenvalue weighted by Gasteiger charge is 2.08. The topological polar surface area (TPSA) is 42.0 Å². The van der Waals surface area contributed by atoms with Gasteiger partial charge in [-0.1, -0.05) is 17.8 Å². The van der Waals surface area contributed by atoms with E-state index in [-0.39, 0.29) is 5.91 Å². The van der Waals surface area contributed by atoms with E-state index in [0.29, 0.717) is 28.8 Å². The summed E-state index contributed by atoms with van der Waals surface area (Å²) in [6.07, 6.45) is 3.33. The zero-order valence-corrected chi connectivity index (χ0v) is 11.2. The van der Waals surface area contributed by atoms with Crippen LogP contribution in [-0.4, -0.2) is 16.6 Å². The Balaban J connectivity index is 1.92. The Bertz CT molecular complexity index is 561. The predicted molar refractivity (Wildman–Crippen MR) is 73.7 cm³/mol. The van der Waals surface area contributed by atoms with Gasteiger partial charge in [-0.15, -0.1) is 0 Å². The molecule has 2 aromatic rings. The number of carbonyl (C=O) groups is 1. The number of alkyl halides is 2. The van der Waals surface area contributed by atoms with Crippen LogP contribution in [0, 0.1) is 0 Å². The van der Waals surface area contributed by atoms with Crippen LogP contribution in [0.1, 0.15) is 15.9 Å². The molecular weight excluding hydrogens is 282 g/mol. The summed E-state index contributed by atoms with van der Waals surface area (Å²) in [6, 6.07) is 9.73. The number of hydrogen-bond acceptors (Lipinski definition) is 3. The van der Waals surface area contributed by atoms with E-state index in [2.05, 4.69) is 10.3 Å². The molecule has 0 saturated heterocycles. The number of benzene rings is 1. The monoisotopic (exact) mass is 294 g/mol. The fraction of sp³-hybridized carbons (Fsp3) is 0.143. The number of carbonyl (C=O) groups excluding carboxylic acids is 1. The number of amides is 1. The van der Waals surface area contributed by atoms with Crippen LogP contribution < -0.4 is 5.32 Å². The minimum Gasteiger partial charge on any atom is -0.348 e. The molecule has 0 atom stereocenters. The van der Waals surface area contributed by atoms with E-state index in [0.717, 1.165) is 5.56 Å². The molecule has 1 aromatic carbocycles. The van der Waals surface area contributed by atoms with Crippen molar-refractivity contribution in [2.45, 2.75) is 17.2 Å². The van der Waals surface area contributed by atoms with Crippen LogP contribution in [-0.2, 0) is 6.54 Å². The number of aromatic nitrogens is 1. The molecule has 20 heavy (non-hydrogen) atoms. The molecule has 0 aliphatic rings. The summed E-state index contributed by atoms with van der Waals surface area (Å²) in [4.78, 5) is 16.2. The molecule has 1 aromatic heterocycles. The third-order valence-electron chi connectivity index (χ3n) is 2.52. The van der Waals surface area contributed by atoms with E-state index in [1.807, 2.05) is 6.07 Å². The molecule has 0 spiro atoms. The SMILES string of the molecule is O=C(NCc1cccnc1)c1ccc(SC(F)F)cc1. The summed E-state index contributed by atoms with van der Waals surface area (Å²) >= 11 is 0.456. The van der Waals surface area contributed by atoms with Crippen molar-refractivity contribution in [1.29, 1.82) is 0 Å². The molecule has 0 bridgehead atoms. The van der Waals surface area contributed by atoms with Crippen LogP contribution >= 0.6 is 11.8 Å². The molecule has 1 N–H and O–H groups in total. The molecular formula is C14H12F2N2OS. The maximum Gasteiger partial charge on any atom is 0.288 e. The smallest absolute Gasteiger partial charge is 0.288 e. The summed E-state index contributed by atoms with van der Waals surface area (Å²) in [7, 11) is 0. The van der Waals surface area contributed by atoms with E-state index in [4.69, 9.17) is 0 Å². The number of halogens is 2. The number of nitrogens with one attached hydrogen (secondary N) is 1. The first-order valence-electron chi connectivity index (χ1n) is 5.87. The normalized spacial score (nSPS) is 10.6. The van der Waals surface area contributed by atoms with Crippen molar-refractivity contribution >= 4 is 17.7 Å². The lowest BCUT2D eigenvalue weighted by Gasteiger charge is -2.06. The largest absolute Gasteiger partial charge is 0.348 e. The van der Waals surface area contributed by atoms with E-state index in [9.17, 15) is 13.6 Å². The fourth-order valence-corrected chi connectivity index (χ4v) is 2.07. The number of hydrogen-bond donors (Lipinski definition) is 1. The summed E-state index contributed by atoms with van der Waals surface area (Å²) in [5, 5.41) is 2.74. The Labute approximate surface area is 119 Å². The number of rotatable bonds is 5. The Morgan fingerprint density at radius 1 is 1.25 bits per heavy atom. The van der Waals surface area contributed by atoms with Gasteiger partial charge >= 0.3 is 0 Å². The second kappa shape index (κ2) is 7.00. The van der Waals surface area contributed by atoms with Crippen molar-refractivity contribution in [3.63, 3.8) is 0 Å². The number of pyridine rings is 1. The highest BCUT2D eigenvalue weighted by molar-refractivity contribution is 7.99. The molecule has 0 aliphatic carbocycles. The second-order valence-electron chi connectivity index (χ2n) is 3.95. The predicted octanol–water partition coefficient (Wildman–Crippen LogP) is 3.33. The van der Waals surface area contributed by atoms with E-state index >= 15 is 0 Å². The van der Waals surface area contributed by atoms with Crippen molar-refractivity contribution in [3.05, 3.63) is 59.9 Å². The lowest BCUT2D eigenvalue weighted by molar-refractivity contribution is 0.0951. The zero-order chi connectivity index (χ0) is 14.4. The van der Waals surface area contributed by atoms with Gasteiger partial charge in [0, 0.05) is 29.4 Å². The van der Waals surface area contributed by atoms with Crippen LogP contribution in [0.5, 0.6) is 0 Å². The standard InChI is InChI=1S/C14H12F2N2OS/c15-14(16)20-12-5-3-11(4-6-12)13(19)18-9-10-2-1-7-17-8-10/h1-8,14H,9H2,(H,18,19). The summed E-state index contributed by atoms with van der Waals surface area (Å²) < 4.78 is 24.3. The van der Waals surface area contributed by atoms with Gasteiger partial charge in [0.25, 0.3) is 11.7 Å². The average Bonchev–Trinajstić information content (AvgIpc) is 2.46. The van der Waals surface area contributed by atoms with Gasteiger partial charge in [0.15, 0.2) is 0 Å². The lowest BCUT2D eigenvalue weighted by atomic mass is 10.2. The molecule has 0 saturated carbocycles. The molecule has 1 heterocycles. The first-order valence-corrected chi connectivity index (χ1v) is 6.75. The third kappa shape index (κ3) is 4.31. The van der Waals surface area contributed by atoms with Gasteiger partial charge in [-0.2, -0.15) is 8.78 Å². The van der Waals surface area contributed by atoms with Crippen LogP contribution in [0.4, 0.5) is 8.78 Å². The van der Waals surface area contributed by atoms with Gasteiger partial charge in [0.1, 0.15) is 0 Å². The van der Waals surface area contributed by atoms with E-state index in [1.54, 1.807) is 18.5 Å². The molecule has 0 unspecified atom stereocenters. The quantitative estimate of drug-likeness (QED) is 0.860. The van der Waals surface area contributed by atoms with Gasteiger partial charge in [-0.25, -0.2) is 0 Å². The lowest BCUT2D eigenvalue weighted by Crippen LogP contribution is -2.22. The van der Waals surface area contributed by atoms with Crippen molar-refractivity contribution in [2.24, 2.45) is 0 Å². The molecule has 0 fully saturated rings. The third-order valence-corrected chi connectivity index (χ3v) is 3.24. The van der Waals surface area contributed by atoms with Crippen molar-refractivity contribution in [2.75, 3.05) is 0 Å². The van der Waals surface area contributed by atoms with Gasteiger partial charge in [-0.05, 0) is 35.9 Å². The van der Waals surface area contributed by atoms with Crippen molar-refractivity contribution in [3.8, 4) is 0 Å². The summed E-state index contributed by atoms with van der Waals surface area (Å²) in [5.41, 5.74) is 1.33. The first-order chi connectivity index (χ1) is 9.65. The molecule has 6 heteroatoms. The number of thioether (sulfide) groups is 1. The highest BCUT2D eigenvalue weighted by atomic mass is 32.2. The Kier molecular flexibility index (Phi) is 5.06. The average molecular weight is 294 g/mol. The molecule has 1 amide bonds. The van der Waals surface area contributed by atoms with E-state index < -0.39 is 5.76 Å². The first kappa shape index (κ1) is 14.5. The van der Waals surface area contributed by atoms with Gasteiger partial charge in [0.2, 0.25) is 0 Å². The van der Waals surface area contributed by atoms with Crippen LogP contribution in [0.25, 0.3) is 0 Å². The fourth-order valence-electron chi connectivity index (χ4n) is 1.57. The molecule has 3 nitrogen and oxygen atoms in total. The molecule has 104 valence electrons. The van der Waals surface area contributed by atoms with Gasteiger partial charge < -0.3 is 5.32 Å². The van der Waals surface area contributed by atoms with Gasteiger partial charge in [0.05, 0.1) is 0 Å². The molecule has 2 rings (SSSR count). The summed E-state index contributed by atoms with van der Waals surface area (Å²) in [6.45, 7) is 0.375. The second-order valence-corrected chi connectivity index (χ2v) is 5.01. The van der Waals surface area contributed by atoms with Gasteiger partial charge in [-0.3, -0.25) is 9.78 Å². The molecule has 0 radical (unpaired) electrons. The van der Waals surface area contributed by atoms with E-state index in [1.165, 1.54) is 24.3 Å². The van der Waals surface area contributed by atoms with Crippen LogP contribution in [0.2, 0.25) is 0 Å². The maximum atomic E-state index is 12.2. The zero-order valence-electron chi connectivity index (χ0n) is 10.4. The Morgan fingerprint density at radius 2 is 2.00 bits per heavy atom. The Morgan fingerprint density at radius 3 is 2.60 bits per heavy atom. The summed E-state index contributed by atoms with van der Waals surface area (Å²) in [5.74, 6) is -2.71.